The highest BCUT2D eigenvalue weighted by Crippen LogP contribution is 2.28. The first kappa shape index (κ1) is 22.3. The minimum atomic E-state index is -1.67. The lowest BCUT2D eigenvalue weighted by Gasteiger charge is -2.43. The maximum Gasteiger partial charge on any atom is 0.337 e. The fraction of sp³-hybridized carbons (Fsp3) is 0.474. The van der Waals surface area contributed by atoms with Gasteiger partial charge in [-0.2, -0.15) is 0 Å². The van der Waals surface area contributed by atoms with Gasteiger partial charge in [-0.3, -0.25) is 14.4 Å². The third kappa shape index (κ3) is 6.26. The summed E-state index contributed by atoms with van der Waals surface area (Å²) in [5.41, 5.74) is 0.774. The molecule has 1 amide bonds. The van der Waals surface area contributed by atoms with E-state index in [1.54, 1.807) is 24.3 Å². The zero-order valence-electron chi connectivity index (χ0n) is 16.2. The number of carbonyl (C=O) groups excluding carboxylic acids is 3. The minimum Gasteiger partial charge on any atom is -0.479 e. The molecule has 0 aliphatic carbocycles. The molecule has 158 valence electrons. The van der Waals surface area contributed by atoms with Crippen molar-refractivity contribution in [3.05, 3.63) is 35.9 Å². The number of ether oxygens (including phenoxy) is 4. The predicted molar refractivity (Wildman–Crippen MR) is 96.2 cm³/mol. The Labute approximate surface area is 167 Å². The first-order valence-electron chi connectivity index (χ1n) is 8.84. The molecule has 1 heterocycles. The number of esters is 2. The van der Waals surface area contributed by atoms with Gasteiger partial charge in [0.15, 0.2) is 24.6 Å². The quantitative estimate of drug-likeness (QED) is 0.612. The number of hydrogen-bond donors (Lipinski definition) is 2. The van der Waals surface area contributed by atoms with Gasteiger partial charge in [0.05, 0.1) is 6.61 Å². The number of rotatable bonds is 7. The Balaban J connectivity index is 2.36. The number of amides is 1. The molecule has 0 saturated carbocycles. The Kier molecular flexibility index (Phi) is 7.68. The van der Waals surface area contributed by atoms with Crippen molar-refractivity contribution in [2.24, 2.45) is 0 Å². The van der Waals surface area contributed by atoms with Crippen LogP contribution in [0.2, 0.25) is 0 Å². The first-order valence-corrected chi connectivity index (χ1v) is 8.84. The fourth-order valence-corrected chi connectivity index (χ4v) is 2.97. The van der Waals surface area contributed by atoms with Crippen molar-refractivity contribution in [2.75, 3.05) is 0 Å². The van der Waals surface area contributed by atoms with E-state index in [1.165, 1.54) is 6.92 Å². The predicted octanol–water partition coefficient (Wildman–Crippen LogP) is 0.381. The molecule has 5 atom stereocenters. The molecule has 1 aliphatic rings. The van der Waals surface area contributed by atoms with Gasteiger partial charge in [-0.1, -0.05) is 30.3 Å². The normalized spacial score (nSPS) is 26.2. The molecule has 0 bridgehead atoms. The molecule has 1 aromatic carbocycles. The van der Waals surface area contributed by atoms with Crippen molar-refractivity contribution in [2.45, 2.75) is 58.0 Å². The molecule has 1 saturated heterocycles. The van der Waals surface area contributed by atoms with Crippen LogP contribution in [-0.2, 0) is 44.7 Å². The summed E-state index contributed by atoms with van der Waals surface area (Å²) in [7, 11) is 0. The van der Waals surface area contributed by atoms with Crippen molar-refractivity contribution in [3.8, 4) is 0 Å². The summed E-state index contributed by atoms with van der Waals surface area (Å²) in [6.45, 7) is 3.46. The number of carboxylic acid groups (broad SMARTS) is 1. The van der Waals surface area contributed by atoms with Crippen LogP contribution in [0.4, 0.5) is 0 Å². The molecule has 1 aliphatic heterocycles. The van der Waals surface area contributed by atoms with Crippen molar-refractivity contribution in [1.29, 1.82) is 0 Å². The van der Waals surface area contributed by atoms with Crippen molar-refractivity contribution in [1.82, 2.24) is 5.32 Å². The summed E-state index contributed by atoms with van der Waals surface area (Å²) in [5.74, 6) is -3.50. The molecular formula is C19H23NO9. The highest BCUT2D eigenvalue weighted by Gasteiger charge is 2.53. The molecule has 2 N–H and O–H groups in total. The number of carboxylic acids is 1. The number of hydrogen-bond acceptors (Lipinski definition) is 8. The summed E-state index contributed by atoms with van der Waals surface area (Å²) >= 11 is 0. The second-order valence-electron chi connectivity index (χ2n) is 6.43. The lowest BCUT2D eigenvalue weighted by molar-refractivity contribution is -0.273. The van der Waals surface area contributed by atoms with Gasteiger partial charge in [0.2, 0.25) is 5.91 Å². The maximum atomic E-state index is 11.7. The average molecular weight is 409 g/mol. The van der Waals surface area contributed by atoms with Crippen molar-refractivity contribution >= 4 is 23.8 Å². The third-order valence-electron chi connectivity index (χ3n) is 4.02. The Morgan fingerprint density at radius 2 is 1.59 bits per heavy atom. The van der Waals surface area contributed by atoms with Crippen LogP contribution in [0, 0.1) is 0 Å². The minimum absolute atomic E-state index is 0.0406. The number of carbonyl (C=O) groups is 4. The maximum absolute atomic E-state index is 11.7. The van der Waals surface area contributed by atoms with Gasteiger partial charge >= 0.3 is 17.9 Å². The topological polar surface area (TPSA) is 137 Å². The van der Waals surface area contributed by atoms with E-state index in [4.69, 9.17) is 18.9 Å². The molecule has 10 nitrogen and oxygen atoms in total. The molecular weight excluding hydrogens is 386 g/mol. The van der Waals surface area contributed by atoms with E-state index in [0.29, 0.717) is 0 Å². The van der Waals surface area contributed by atoms with Crippen LogP contribution in [0.3, 0.4) is 0 Å². The van der Waals surface area contributed by atoms with Crippen LogP contribution in [0.5, 0.6) is 0 Å². The smallest absolute Gasteiger partial charge is 0.337 e. The van der Waals surface area contributed by atoms with Gasteiger partial charge in [0, 0.05) is 20.8 Å². The zero-order chi connectivity index (χ0) is 21.6. The number of benzene rings is 1. The van der Waals surface area contributed by atoms with Crippen LogP contribution in [0.25, 0.3) is 0 Å². The van der Waals surface area contributed by atoms with Gasteiger partial charge in [-0.25, -0.2) is 4.79 Å². The molecule has 0 radical (unpaired) electrons. The Morgan fingerprint density at radius 1 is 1.00 bits per heavy atom. The number of nitrogens with one attached hydrogen (secondary N) is 1. The monoisotopic (exact) mass is 409 g/mol. The molecule has 0 spiro atoms. The van der Waals surface area contributed by atoms with Gasteiger partial charge in [-0.05, 0) is 5.56 Å². The largest absolute Gasteiger partial charge is 0.479 e. The second kappa shape index (κ2) is 9.99. The fourth-order valence-electron chi connectivity index (χ4n) is 2.97. The van der Waals surface area contributed by atoms with Crippen molar-refractivity contribution < 1.29 is 43.2 Å². The van der Waals surface area contributed by atoms with Gasteiger partial charge in [0.25, 0.3) is 0 Å². The highest BCUT2D eigenvalue weighted by atomic mass is 16.7. The molecule has 0 aromatic heterocycles. The standard InChI is InChI=1S/C19H23NO9/c1-10(21)20-14-15(27-11(2)22)16(28-12(3)23)17(18(24)25)29-19(14)26-9-13-7-5-4-6-8-13/h4-8,14-17,19H,9H2,1-3H3,(H,20,21)(H,24,25). The van der Waals surface area contributed by atoms with Crippen LogP contribution in [0.1, 0.15) is 26.3 Å². The molecule has 29 heavy (non-hydrogen) atoms. The summed E-state index contributed by atoms with van der Waals surface area (Å²) in [5, 5.41) is 12.1. The van der Waals surface area contributed by atoms with E-state index in [-0.39, 0.29) is 6.61 Å². The molecule has 1 fully saturated rings. The van der Waals surface area contributed by atoms with E-state index < -0.39 is 54.5 Å². The Bertz CT molecular complexity index is 751. The highest BCUT2D eigenvalue weighted by molar-refractivity contribution is 5.76. The average Bonchev–Trinajstić information content (AvgIpc) is 2.63. The van der Waals surface area contributed by atoms with E-state index >= 15 is 0 Å². The lowest BCUT2D eigenvalue weighted by atomic mass is 9.95. The summed E-state index contributed by atoms with van der Waals surface area (Å²) in [6, 6.07) is 7.88. The van der Waals surface area contributed by atoms with Gasteiger partial charge < -0.3 is 29.4 Å². The number of aliphatic carboxylic acids is 1. The second-order valence-corrected chi connectivity index (χ2v) is 6.43. The Hall–Kier alpha value is -2.98. The zero-order valence-corrected chi connectivity index (χ0v) is 16.2. The Morgan fingerprint density at radius 3 is 2.10 bits per heavy atom. The van der Waals surface area contributed by atoms with Crippen LogP contribution in [-0.4, -0.2) is 59.6 Å². The lowest BCUT2D eigenvalue weighted by Crippen LogP contribution is -2.67. The van der Waals surface area contributed by atoms with Crippen LogP contribution < -0.4 is 5.32 Å². The first-order chi connectivity index (χ1) is 13.7. The molecule has 5 unspecified atom stereocenters. The van der Waals surface area contributed by atoms with E-state index in [1.807, 2.05) is 6.07 Å². The summed E-state index contributed by atoms with van der Waals surface area (Å²) in [4.78, 5) is 46.6. The molecule has 10 heteroatoms. The van der Waals surface area contributed by atoms with Crippen molar-refractivity contribution in [3.63, 3.8) is 0 Å². The molecule has 2 rings (SSSR count). The SMILES string of the molecule is CC(=O)NC1C(OCc2ccccc2)OC(C(=O)O)C(OC(C)=O)C1OC(C)=O. The summed E-state index contributed by atoms with van der Waals surface area (Å²) in [6.07, 6.45) is -5.77. The van der Waals surface area contributed by atoms with Crippen LogP contribution in [0.15, 0.2) is 30.3 Å². The molecule has 1 aromatic rings. The van der Waals surface area contributed by atoms with E-state index in [2.05, 4.69) is 5.32 Å². The van der Waals surface area contributed by atoms with E-state index in [9.17, 15) is 24.3 Å². The van der Waals surface area contributed by atoms with E-state index in [0.717, 1.165) is 19.4 Å². The van der Waals surface area contributed by atoms with Gasteiger partial charge in [-0.15, -0.1) is 0 Å². The summed E-state index contributed by atoms with van der Waals surface area (Å²) < 4.78 is 21.5. The third-order valence-corrected chi connectivity index (χ3v) is 4.02. The van der Waals surface area contributed by atoms with Gasteiger partial charge in [0.1, 0.15) is 6.04 Å². The van der Waals surface area contributed by atoms with Crippen LogP contribution >= 0.6 is 0 Å².